The van der Waals surface area contributed by atoms with Crippen LogP contribution in [0.3, 0.4) is 0 Å². The number of halogens is 2. The normalized spacial score (nSPS) is 14.4. The van der Waals surface area contributed by atoms with E-state index in [4.69, 9.17) is 20.0 Å². The maximum atomic E-state index is 6.43. The Kier molecular flexibility index (Phi) is 9.45. The van der Waals surface area contributed by atoms with Crippen molar-refractivity contribution in [3.63, 3.8) is 0 Å². The summed E-state index contributed by atoms with van der Waals surface area (Å²) >= 11 is 4.67. The summed E-state index contributed by atoms with van der Waals surface area (Å²) in [6.07, 6.45) is 0. The third-order valence-corrected chi connectivity index (χ3v) is 23.8. The fraction of sp³-hybridized carbons (Fsp3) is 1.00. The topological polar surface area (TPSA) is 0 Å². The zero-order valence-corrected chi connectivity index (χ0v) is 21.1. The second-order valence-corrected chi connectivity index (χ2v) is 27.3. The molecule has 4 heteroatoms. The summed E-state index contributed by atoms with van der Waals surface area (Å²) in [5.74, 6) is 0. The molecule has 0 heterocycles. The van der Waals surface area contributed by atoms with Crippen molar-refractivity contribution >= 4 is 46.7 Å². The predicted octanol–water partition coefficient (Wildman–Crippen LogP) is 7.63. The molecule has 0 N–H and O–H groups in total. The Morgan fingerprint density at radius 3 is 0.800 bits per heavy atom. The van der Waals surface area contributed by atoms with E-state index >= 15 is 0 Å². The number of rotatable bonds is 0. The first-order valence-electron chi connectivity index (χ1n) is 7.38. The van der Waals surface area contributed by atoms with Gasteiger partial charge in [-0.15, -0.1) is 0 Å². The van der Waals surface area contributed by atoms with E-state index in [0.717, 1.165) is 0 Å². The minimum absolute atomic E-state index is 0.310. The summed E-state index contributed by atoms with van der Waals surface area (Å²) < 4.78 is 0.810. The van der Waals surface area contributed by atoms with Crippen LogP contribution < -0.4 is 0 Å². The number of hydrogen-bond donors (Lipinski definition) is 0. The van der Waals surface area contributed by atoms with Crippen LogP contribution in [0.4, 0.5) is 0 Å². The van der Waals surface area contributed by atoms with Crippen molar-refractivity contribution in [2.75, 3.05) is 0 Å². The van der Waals surface area contributed by atoms with Gasteiger partial charge < -0.3 is 0 Å². The first-order chi connectivity index (χ1) is 8.31. The van der Waals surface area contributed by atoms with Gasteiger partial charge in [0.15, 0.2) is 8.11 Å². The zero-order chi connectivity index (χ0) is 17.2. The van der Waals surface area contributed by atoms with Crippen molar-refractivity contribution in [3.8, 4) is 0 Å². The van der Waals surface area contributed by atoms with Gasteiger partial charge in [0.2, 0.25) is 0 Å². The summed E-state index contributed by atoms with van der Waals surface area (Å²) in [4.78, 5) is 0. The van der Waals surface area contributed by atoms with Crippen LogP contribution in [0.2, 0.25) is 16.9 Å². The molecule has 2 radical (unpaired) electrons. The molecular weight excluding hydrogens is 410 g/mol. The zero-order valence-electron chi connectivity index (χ0n) is 15.8. The molecule has 0 bridgehead atoms. The van der Waals surface area contributed by atoms with Crippen LogP contribution in [0.1, 0.15) is 83.1 Å². The predicted molar refractivity (Wildman–Crippen MR) is 102 cm³/mol. The van der Waals surface area contributed by atoms with E-state index in [1.807, 2.05) is 0 Å². The van der Waals surface area contributed by atoms with Gasteiger partial charge in [-0.1, -0.05) is 41.5 Å². The standard InChI is InChI=1S/C8H18ClSi.2C4H9.ClH.Sn/c1-7(2,3)10(9)8(4,5)6;2*1-4(2)3;;/h1-6H3;2*1-3H3;1H;/q;;;;+1/p-1. The Balaban J connectivity index is 0. The third-order valence-electron chi connectivity index (χ3n) is 2.63. The number of hydrogen-bond acceptors (Lipinski definition) is 0. The van der Waals surface area contributed by atoms with Crippen LogP contribution in [0.25, 0.3) is 0 Å². The Bertz CT molecular complexity index is 219. The third kappa shape index (κ3) is 10.3. The van der Waals surface area contributed by atoms with Crippen LogP contribution in [-0.4, -0.2) is 26.7 Å². The summed E-state index contributed by atoms with van der Waals surface area (Å²) in [6.45, 7) is 26.9. The van der Waals surface area contributed by atoms with Crippen molar-refractivity contribution in [2.45, 2.75) is 100 Å². The molecule has 0 rings (SSSR count). The SMILES string of the molecule is CC(C)(C)[Si](Cl)C(C)(C)C.C[C](C)(C)[Sn]([Cl])[C](C)(C)C. The molecule has 0 aromatic heterocycles. The van der Waals surface area contributed by atoms with E-state index in [1.165, 1.54) is 0 Å². The molecule has 0 atom stereocenters. The van der Waals surface area contributed by atoms with Gasteiger partial charge in [-0.05, 0) is 10.1 Å². The second-order valence-electron chi connectivity index (χ2n) is 9.63. The van der Waals surface area contributed by atoms with Gasteiger partial charge >= 0.3 is 76.0 Å². The van der Waals surface area contributed by atoms with Crippen LogP contribution in [0.15, 0.2) is 0 Å². The molecule has 122 valence electrons. The van der Waals surface area contributed by atoms with E-state index in [0.29, 0.717) is 16.9 Å². The minimum atomic E-state index is -1.66. The molecular formula is C16H36Cl2SiSn. The molecule has 0 fully saturated rings. The van der Waals surface area contributed by atoms with E-state index in [1.54, 1.807) is 0 Å². The van der Waals surface area contributed by atoms with E-state index in [2.05, 4.69) is 83.1 Å². The molecule has 0 unspecified atom stereocenters. The monoisotopic (exact) mass is 446 g/mol. The van der Waals surface area contributed by atoms with Gasteiger partial charge in [-0.25, -0.2) is 0 Å². The van der Waals surface area contributed by atoms with Crippen molar-refractivity contribution in [1.82, 2.24) is 0 Å². The average molecular weight is 446 g/mol. The molecule has 0 amide bonds. The Morgan fingerprint density at radius 2 is 0.800 bits per heavy atom. The summed E-state index contributed by atoms with van der Waals surface area (Å²) in [6, 6.07) is 0. The van der Waals surface area contributed by atoms with Crippen LogP contribution >= 0.6 is 20.0 Å². The van der Waals surface area contributed by atoms with Crippen molar-refractivity contribution in [2.24, 2.45) is 0 Å². The fourth-order valence-electron chi connectivity index (χ4n) is 2.25. The van der Waals surface area contributed by atoms with Gasteiger partial charge in [-0.3, -0.25) is 0 Å². The molecule has 0 aromatic carbocycles. The average Bonchev–Trinajstić information content (AvgIpc) is 2.10. The molecule has 0 saturated carbocycles. The molecule has 0 aromatic rings. The van der Waals surface area contributed by atoms with Crippen molar-refractivity contribution in [3.05, 3.63) is 0 Å². The van der Waals surface area contributed by atoms with Gasteiger partial charge in [0.25, 0.3) is 0 Å². The van der Waals surface area contributed by atoms with Crippen molar-refractivity contribution < 1.29 is 0 Å². The van der Waals surface area contributed by atoms with Gasteiger partial charge in [-0.2, -0.15) is 11.1 Å². The summed E-state index contributed by atoms with van der Waals surface area (Å²) in [5.41, 5.74) is 0. The van der Waals surface area contributed by atoms with Crippen LogP contribution in [0.5, 0.6) is 0 Å². The van der Waals surface area contributed by atoms with Crippen LogP contribution in [-0.2, 0) is 0 Å². The molecule has 0 saturated heterocycles. The molecule has 0 aliphatic heterocycles. The van der Waals surface area contributed by atoms with Crippen molar-refractivity contribution in [1.29, 1.82) is 0 Å². The maximum absolute atomic E-state index is 6.43. The fourth-order valence-corrected chi connectivity index (χ4v) is 10.9. The van der Waals surface area contributed by atoms with E-state index in [-0.39, 0.29) is 0 Å². The molecule has 0 nitrogen and oxygen atoms in total. The summed E-state index contributed by atoms with van der Waals surface area (Å²) in [7, 11) is 5.68. The molecule has 0 aliphatic rings. The van der Waals surface area contributed by atoms with E-state index < -0.39 is 26.7 Å². The quantitative estimate of drug-likeness (QED) is 0.265. The van der Waals surface area contributed by atoms with E-state index in [9.17, 15) is 0 Å². The Morgan fingerprint density at radius 1 is 0.600 bits per heavy atom. The molecule has 0 aliphatic carbocycles. The summed E-state index contributed by atoms with van der Waals surface area (Å²) in [5, 5.41) is 0.620. The van der Waals surface area contributed by atoms with Gasteiger partial charge in [0.05, 0.1) is 0 Å². The van der Waals surface area contributed by atoms with Gasteiger partial charge in [0, 0.05) is 0 Å². The Labute approximate surface area is 146 Å². The Hall–Kier alpha value is 1.60. The second kappa shape index (κ2) is 7.92. The molecule has 20 heavy (non-hydrogen) atoms. The van der Waals surface area contributed by atoms with Gasteiger partial charge in [0.1, 0.15) is 0 Å². The van der Waals surface area contributed by atoms with Crippen LogP contribution in [0, 0.1) is 0 Å². The molecule has 0 spiro atoms. The first-order valence-corrected chi connectivity index (χ1v) is 16.4. The first kappa shape index (κ1) is 23.9.